The number of aliphatic hydroxyl groups is 3. The number of ether oxygens (including phenoxy) is 3. The van der Waals surface area contributed by atoms with E-state index in [1.807, 2.05) is 24.3 Å². The van der Waals surface area contributed by atoms with Gasteiger partial charge in [-0.05, 0) is 41.8 Å². The number of nitrogens with zero attached hydrogens (tertiary/aromatic N) is 1. The summed E-state index contributed by atoms with van der Waals surface area (Å²) in [5.41, 5.74) is 2.40. The molecule has 1 aliphatic carbocycles. The van der Waals surface area contributed by atoms with E-state index in [-0.39, 0.29) is 38.6 Å². The van der Waals surface area contributed by atoms with Gasteiger partial charge < -0.3 is 39.7 Å². The summed E-state index contributed by atoms with van der Waals surface area (Å²) in [5, 5.41) is 33.4. The Morgan fingerprint density at radius 3 is 2.51 bits per heavy atom. The molecule has 10 nitrogen and oxygen atoms in total. The molecule has 1 aliphatic heterocycles. The van der Waals surface area contributed by atoms with Crippen LogP contribution in [0.25, 0.3) is 0 Å². The molecule has 2 aliphatic rings. The highest BCUT2D eigenvalue weighted by atomic mass is 16.5. The van der Waals surface area contributed by atoms with E-state index in [1.54, 1.807) is 37.1 Å². The first-order valence-corrected chi connectivity index (χ1v) is 13.1. The van der Waals surface area contributed by atoms with Crippen molar-refractivity contribution in [1.29, 1.82) is 0 Å². The van der Waals surface area contributed by atoms with Crippen LogP contribution in [0.4, 0.5) is 0 Å². The first-order valence-electron chi connectivity index (χ1n) is 13.1. The van der Waals surface area contributed by atoms with Gasteiger partial charge >= 0.3 is 0 Å². The van der Waals surface area contributed by atoms with E-state index >= 15 is 0 Å². The number of hydrogen-bond donors (Lipinski definition) is 4. The summed E-state index contributed by atoms with van der Waals surface area (Å²) in [6.45, 7) is 1.58. The van der Waals surface area contributed by atoms with Gasteiger partial charge in [-0.15, -0.1) is 0 Å². The summed E-state index contributed by atoms with van der Waals surface area (Å²) < 4.78 is 17.2. The normalized spacial score (nSPS) is 21.2. The number of carbonyl (C=O) groups is 2. The number of hydrogen-bond acceptors (Lipinski definition) is 8. The second-order valence-corrected chi connectivity index (χ2v) is 9.52. The van der Waals surface area contributed by atoms with Gasteiger partial charge in [-0.25, -0.2) is 0 Å². The predicted molar refractivity (Wildman–Crippen MR) is 143 cm³/mol. The van der Waals surface area contributed by atoms with Crippen LogP contribution in [0.1, 0.15) is 36.0 Å². The van der Waals surface area contributed by atoms with E-state index in [4.69, 9.17) is 14.2 Å². The fourth-order valence-corrected chi connectivity index (χ4v) is 5.41. The first kappa shape index (κ1) is 28.4. The predicted octanol–water partition coefficient (Wildman–Crippen LogP) is 1.30. The summed E-state index contributed by atoms with van der Waals surface area (Å²) in [4.78, 5) is 28.2. The highest BCUT2D eigenvalue weighted by Crippen LogP contribution is 2.51. The number of methoxy groups -OCH3 is 2. The fraction of sp³-hybridized carbons (Fsp3) is 0.448. The van der Waals surface area contributed by atoms with Crippen LogP contribution >= 0.6 is 0 Å². The van der Waals surface area contributed by atoms with Gasteiger partial charge in [0, 0.05) is 30.6 Å². The van der Waals surface area contributed by atoms with Gasteiger partial charge in [0.05, 0.1) is 39.4 Å². The molecule has 0 bridgehead atoms. The smallest absolute Gasteiger partial charge is 0.247 e. The van der Waals surface area contributed by atoms with Crippen LogP contribution in [0, 0.1) is 0 Å². The van der Waals surface area contributed by atoms with Crippen molar-refractivity contribution >= 4 is 11.8 Å². The van der Waals surface area contributed by atoms with Gasteiger partial charge in [-0.3, -0.25) is 9.59 Å². The van der Waals surface area contributed by atoms with Crippen molar-refractivity contribution in [2.75, 3.05) is 33.9 Å². The number of nitrogens with one attached hydrogen (secondary N) is 1. The molecule has 0 fully saturated rings. The van der Waals surface area contributed by atoms with E-state index in [1.165, 1.54) is 7.11 Å². The highest BCUT2D eigenvalue weighted by molar-refractivity contribution is 5.96. The van der Waals surface area contributed by atoms with Crippen molar-refractivity contribution in [3.8, 4) is 17.2 Å². The van der Waals surface area contributed by atoms with Crippen LogP contribution in [0.5, 0.6) is 17.2 Å². The minimum absolute atomic E-state index is 0.0416. The van der Waals surface area contributed by atoms with E-state index < -0.39 is 30.1 Å². The average Bonchev–Trinajstić information content (AvgIpc) is 3.36. The maximum atomic E-state index is 13.4. The molecule has 0 spiro atoms. The number of amides is 2. The summed E-state index contributed by atoms with van der Waals surface area (Å²) in [5.74, 6) is 0.170. The Morgan fingerprint density at radius 2 is 1.85 bits per heavy atom. The maximum Gasteiger partial charge on any atom is 0.247 e. The molecular weight excluding hydrogens is 504 g/mol. The topological polar surface area (TPSA) is 138 Å². The second kappa shape index (κ2) is 12.5. The molecule has 2 aromatic rings. The molecule has 39 heavy (non-hydrogen) atoms. The Balaban J connectivity index is 1.76. The van der Waals surface area contributed by atoms with E-state index in [2.05, 4.69) is 5.32 Å². The molecule has 0 saturated heterocycles. The van der Waals surface area contributed by atoms with Crippen LogP contribution < -0.4 is 19.5 Å². The third-order valence-electron chi connectivity index (χ3n) is 7.29. The third kappa shape index (κ3) is 5.59. The Hall–Kier alpha value is -3.60. The van der Waals surface area contributed by atoms with Crippen LogP contribution in [-0.2, 0) is 22.6 Å². The fourth-order valence-electron chi connectivity index (χ4n) is 5.41. The standard InChI is InChI=1S/C29H36N2O8/c1-4-24(34)31(11-9-18-7-5-6-8-22(18)37-2)21-15-20(29(36)30-10-12-32)25-19-13-17(16-33)14-23(38-3)27(19)39-28(25)26(21)35/h5-8,13-15,21,25-26,28,32-33,35H,4,9-12,16H2,1-3H3,(H,30,36)/t21-,25+,26+,28+/m1/s1. The molecular formula is C29H36N2O8. The highest BCUT2D eigenvalue weighted by Gasteiger charge is 2.51. The lowest BCUT2D eigenvalue weighted by atomic mass is 9.77. The number of aliphatic hydroxyl groups excluding tert-OH is 3. The SMILES string of the molecule is CCC(=O)N(CCc1ccccc1OC)[C@@H]1C=C(C(=O)NCCO)[C@@H]2c3cc(CO)cc(OC)c3O[C@@H]2[C@H]1O. The molecule has 4 rings (SSSR count). The van der Waals surface area contributed by atoms with Gasteiger partial charge in [0.15, 0.2) is 11.5 Å². The van der Waals surface area contributed by atoms with Gasteiger partial charge in [-0.1, -0.05) is 25.1 Å². The molecule has 10 heteroatoms. The lowest BCUT2D eigenvalue weighted by Crippen LogP contribution is -2.56. The molecule has 0 unspecified atom stereocenters. The third-order valence-corrected chi connectivity index (χ3v) is 7.29. The van der Waals surface area contributed by atoms with Crippen molar-refractivity contribution in [3.05, 3.63) is 64.7 Å². The molecule has 4 N–H and O–H groups in total. The zero-order chi connectivity index (χ0) is 28.1. The number of carbonyl (C=O) groups excluding carboxylic acids is 2. The Bertz CT molecular complexity index is 1230. The molecule has 1 heterocycles. The minimum atomic E-state index is -1.16. The van der Waals surface area contributed by atoms with Crippen molar-refractivity contribution in [3.63, 3.8) is 0 Å². The largest absolute Gasteiger partial charge is 0.496 e. The number of rotatable bonds is 11. The molecule has 210 valence electrons. The number of benzene rings is 2. The first-order chi connectivity index (χ1) is 18.9. The number of para-hydroxylation sites is 1. The van der Waals surface area contributed by atoms with Crippen molar-refractivity contribution in [2.24, 2.45) is 0 Å². The molecule has 0 radical (unpaired) electrons. The summed E-state index contributed by atoms with van der Waals surface area (Å²) in [7, 11) is 3.07. The lowest BCUT2D eigenvalue weighted by Gasteiger charge is -2.40. The van der Waals surface area contributed by atoms with Crippen LogP contribution in [0.3, 0.4) is 0 Å². The summed E-state index contributed by atoms with van der Waals surface area (Å²) in [6.07, 6.45) is 0.267. The monoisotopic (exact) mass is 540 g/mol. The zero-order valence-electron chi connectivity index (χ0n) is 22.4. The van der Waals surface area contributed by atoms with E-state index in [9.17, 15) is 24.9 Å². The summed E-state index contributed by atoms with van der Waals surface area (Å²) in [6, 6.07) is 10.1. The van der Waals surface area contributed by atoms with Gasteiger partial charge in [0.25, 0.3) is 0 Å². The van der Waals surface area contributed by atoms with Crippen molar-refractivity contribution in [2.45, 2.75) is 50.5 Å². The Labute approximate surface area is 227 Å². The number of fused-ring (bicyclic) bond motifs is 3. The van der Waals surface area contributed by atoms with E-state index in [0.717, 1.165) is 5.56 Å². The molecule has 2 amide bonds. The molecule has 4 atom stereocenters. The molecule has 2 aromatic carbocycles. The van der Waals surface area contributed by atoms with Crippen LogP contribution in [0.15, 0.2) is 48.0 Å². The second-order valence-electron chi connectivity index (χ2n) is 9.52. The van der Waals surface area contributed by atoms with Gasteiger partial charge in [-0.2, -0.15) is 0 Å². The van der Waals surface area contributed by atoms with Crippen LogP contribution in [-0.4, -0.2) is 84.2 Å². The maximum absolute atomic E-state index is 13.4. The minimum Gasteiger partial charge on any atom is -0.496 e. The lowest BCUT2D eigenvalue weighted by molar-refractivity contribution is -0.136. The van der Waals surface area contributed by atoms with Gasteiger partial charge in [0.2, 0.25) is 11.8 Å². The average molecular weight is 541 g/mol. The molecule has 0 aromatic heterocycles. The van der Waals surface area contributed by atoms with Crippen LogP contribution in [0.2, 0.25) is 0 Å². The van der Waals surface area contributed by atoms with Crippen molar-refractivity contribution < 1.29 is 39.1 Å². The molecule has 0 saturated carbocycles. The van der Waals surface area contributed by atoms with Crippen molar-refractivity contribution in [1.82, 2.24) is 10.2 Å². The Morgan fingerprint density at radius 1 is 1.10 bits per heavy atom. The quantitative estimate of drug-likeness (QED) is 0.335. The zero-order valence-corrected chi connectivity index (χ0v) is 22.4. The Kier molecular flexibility index (Phi) is 9.11. The van der Waals surface area contributed by atoms with Gasteiger partial charge in [0.1, 0.15) is 18.0 Å². The summed E-state index contributed by atoms with van der Waals surface area (Å²) >= 11 is 0. The van der Waals surface area contributed by atoms with E-state index in [0.29, 0.717) is 40.4 Å².